The quantitative estimate of drug-likeness (QED) is 0.174. The Balaban J connectivity index is 4.04. The van der Waals surface area contributed by atoms with Gasteiger partial charge in [-0.2, -0.15) is 0 Å². The fourth-order valence-corrected chi connectivity index (χ4v) is 5.06. The van der Waals surface area contributed by atoms with Crippen LogP contribution in [-0.4, -0.2) is 84.0 Å². The molecular weight excluding hydrogens is 520 g/mol. The van der Waals surface area contributed by atoms with E-state index in [1.807, 2.05) is 6.92 Å². The van der Waals surface area contributed by atoms with Crippen LogP contribution in [0.3, 0.4) is 0 Å². The first-order valence-corrected chi connectivity index (χ1v) is 14.7. The number of carbonyl (C=O) groups excluding carboxylic acids is 4. The van der Waals surface area contributed by atoms with Gasteiger partial charge in [0.1, 0.15) is 12.2 Å². The molecule has 5 N–H and O–H groups in total. The van der Waals surface area contributed by atoms with Gasteiger partial charge in [-0.15, -0.1) is 0 Å². The second kappa shape index (κ2) is 14.6. The van der Waals surface area contributed by atoms with Crippen LogP contribution in [-0.2, 0) is 23.9 Å². The van der Waals surface area contributed by atoms with E-state index in [4.69, 9.17) is 4.74 Å². The van der Waals surface area contributed by atoms with Crippen molar-refractivity contribution in [1.82, 2.24) is 0 Å². The third-order valence-corrected chi connectivity index (χ3v) is 8.96. The van der Waals surface area contributed by atoms with Crippen molar-refractivity contribution in [2.24, 2.45) is 23.7 Å². The highest BCUT2D eigenvalue weighted by Gasteiger charge is 2.80. The van der Waals surface area contributed by atoms with Gasteiger partial charge < -0.3 is 30.3 Å². The number of hydrogen-bond acceptors (Lipinski definition) is 10. The summed E-state index contributed by atoms with van der Waals surface area (Å²) in [7, 11) is 0. The van der Waals surface area contributed by atoms with Gasteiger partial charge in [-0.25, -0.2) is 0 Å². The lowest BCUT2D eigenvalue weighted by molar-refractivity contribution is -0.365. The molecule has 1 aliphatic rings. The Labute approximate surface area is 238 Å². The summed E-state index contributed by atoms with van der Waals surface area (Å²) in [5.41, 5.74) is -10.5. The Hall–Kier alpha value is -1.56. The van der Waals surface area contributed by atoms with E-state index in [2.05, 4.69) is 0 Å². The average Bonchev–Trinajstić information content (AvgIpc) is 2.92. The smallest absolute Gasteiger partial charge is 0.213 e. The van der Waals surface area contributed by atoms with Gasteiger partial charge in [-0.1, -0.05) is 81.1 Å². The van der Waals surface area contributed by atoms with E-state index in [1.54, 1.807) is 48.5 Å². The Morgan fingerprint density at radius 3 is 1.40 bits per heavy atom. The van der Waals surface area contributed by atoms with Crippen molar-refractivity contribution in [1.29, 1.82) is 0 Å². The topological polar surface area (TPSA) is 179 Å². The predicted molar refractivity (Wildman–Crippen MR) is 148 cm³/mol. The van der Waals surface area contributed by atoms with Crippen molar-refractivity contribution < 1.29 is 49.4 Å². The molecule has 1 saturated heterocycles. The van der Waals surface area contributed by atoms with Crippen molar-refractivity contribution in [3.63, 3.8) is 0 Å². The maximum Gasteiger partial charge on any atom is 0.213 e. The van der Waals surface area contributed by atoms with Crippen LogP contribution in [0.5, 0.6) is 0 Å². The van der Waals surface area contributed by atoms with Crippen LogP contribution in [0.15, 0.2) is 0 Å². The number of aliphatic hydroxyl groups excluding tert-OH is 2. The third-order valence-electron chi connectivity index (χ3n) is 8.96. The lowest BCUT2D eigenvalue weighted by Crippen LogP contribution is -2.88. The first kappa shape index (κ1) is 36.5. The lowest BCUT2D eigenvalue weighted by atomic mass is 9.57. The van der Waals surface area contributed by atoms with E-state index < -0.39 is 83.6 Å². The minimum Gasteiger partial charge on any atom is -0.382 e. The Bertz CT molecular complexity index is 905. The van der Waals surface area contributed by atoms with E-state index in [-0.39, 0.29) is 24.2 Å². The number of hydrogen-bond donors (Lipinski definition) is 5. The summed E-state index contributed by atoms with van der Waals surface area (Å²) in [6.07, 6.45) is -6.77. The molecule has 232 valence electrons. The Morgan fingerprint density at radius 1 is 0.650 bits per heavy atom. The molecule has 10 nitrogen and oxygen atoms in total. The van der Waals surface area contributed by atoms with E-state index in [9.17, 15) is 44.7 Å². The molecule has 0 aromatic heterocycles. The molecule has 1 heterocycles. The first-order valence-electron chi connectivity index (χ1n) is 14.7. The molecule has 0 radical (unpaired) electrons. The minimum atomic E-state index is -3.63. The highest BCUT2D eigenvalue weighted by molar-refractivity contribution is 6.07. The fraction of sp³-hybridized carbons (Fsp3) is 0.867. The second-order valence-corrected chi connectivity index (χ2v) is 12.2. The van der Waals surface area contributed by atoms with Gasteiger partial charge in [0.15, 0.2) is 35.0 Å². The van der Waals surface area contributed by atoms with E-state index in [0.29, 0.717) is 25.7 Å². The van der Waals surface area contributed by atoms with Crippen LogP contribution >= 0.6 is 0 Å². The van der Waals surface area contributed by atoms with Crippen LogP contribution in [0.4, 0.5) is 0 Å². The molecule has 0 aromatic rings. The first-order chi connectivity index (χ1) is 18.4. The number of aliphatic hydroxyl groups is 5. The third kappa shape index (κ3) is 6.73. The summed E-state index contributed by atoms with van der Waals surface area (Å²) >= 11 is 0. The highest BCUT2D eigenvalue weighted by atomic mass is 16.7. The molecule has 10 heteroatoms. The summed E-state index contributed by atoms with van der Waals surface area (Å²) in [4.78, 5) is 54.5. The van der Waals surface area contributed by atoms with Gasteiger partial charge in [-0.3, -0.25) is 19.2 Å². The van der Waals surface area contributed by atoms with Gasteiger partial charge in [0.2, 0.25) is 11.2 Å². The van der Waals surface area contributed by atoms with Crippen LogP contribution < -0.4 is 0 Å². The van der Waals surface area contributed by atoms with Crippen molar-refractivity contribution in [2.45, 2.75) is 142 Å². The summed E-state index contributed by atoms with van der Waals surface area (Å²) in [6.45, 7) is 13.9. The average molecular weight is 573 g/mol. The van der Waals surface area contributed by atoms with Gasteiger partial charge >= 0.3 is 0 Å². The molecule has 0 aliphatic carbocycles. The van der Waals surface area contributed by atoms with Gasteiger partial charge in [0.05, 0.1) is 0 Å². The normalized spacial score (nSPS) is 32.5. The minimum absolute atomic E-state index is 0.181. The Morgan fingerprint density at radius 2 is 1.00 bits per heavy atom. The number of carbonyl (C=O) groups is 4. The second-order valence-electron chi connectivity index (χ2n) is 12.2. The maximum atomic E-state index is 13.9. The number of ether oxygens (including phenoxy) is 1. The zero-order chi connectivity index (χ0) is 31.2. The molecule has 1 aliphatic heterocycles. The lowest BCUT2D eigenvalue weighted by Gasteiger charge is -2.58. The molecule has 40 heavy (non-hydrogen) atoms. The molecule has 0 spiro atoms. The van der Waals surface area contributed by atoms with E-state index in [0.717, 1.165) is 0 Å². The van der Waals surface area contributed by atoms with E-state index in [1.165, 1.54) is 0 Å². The standard InChI is InChI=1S/C30H52O10/c1-9-17(5)13-21(31)25(35)26-28(37,22(32)14-18(6)10-2)30(39,24(34)16-20(8)12-4)29(38,27(36)40-26)23(33)15-19(7)11-3/h17-20,25-27,35-39H,9-16H2,1-8H3/t17?,18?,19?,20?,25?,26-,27?,28-,29+,30+/m1/s1. The monoisotopic (exact) mass is 572 g/mol. The largest absolute Gasteiger partial charge is 0.382 e. The van der Waals surface area contributed by atoms with Crippen LogP contribution in [0.1, 0.15) is 107 Å². The van der Waals surface area contributed by atoms with E-state index >= 15 is 0 Å². The summed E-state index contributed by atoms with van der Waals surface area (Å²) in [5, 5.41) is 58.6. The van der Waals surface area contributed by atoms with Crippen LogP contribution in [0.25, 0.3) is 0 Å². The van der Waals surface area contributed by atoms with Crippen molar-refractivity contribution >= 4 is 23.1 Å². The van der Waals surface area contributed by atoms with Crippen LogP contribution in [0, 0.1) is 23.7 Å². The molecule has 1 rings (SSSR count). The number of rotatable bonds is 17. The summed E-state index contributed by atoms with van der Waals surface area (Å²) in [5.74, 6) is -5.86. The van der Waals surface area contributed by atoms with Crippen LogP contribution in [0.2, 0.25) is 0 Å². The zero-order valence-corrected chi connectivity index (χ0v) is 25.5. The molecule has 0 bridgehead atoms. The fourth-order valence-electron chi connectivity index (χ4n) is 5.06. The van der Waals surface area contributed by atoms with Crippen molar-refractivity contribution in [3.05, 3.63) is 0 Å². The summed E-state index contributed by atoms with van der Waals surface area (Å²) in [6, 6.07) is 0. The van der Waals surface area contributed by atoms with Gasteiger partial charge in [0.25, 0.3) is 0 Å². The zero-order valence-electron chi connectivity index (χ0n) is 25.5. The predicted octanol–water partition coefficient (Wildman–Crippen LogP) is 2.28. The molecule has 6 unspecified atom stereocenters. The van der Waals surface area contributed by atoms with Crippen molar-refractivity contribution in [3.8, 4) is 0 Å². The number of ketones is 4. The molecule has 0 saturated carbocycles. The summed E-state index contributed by atoms with van der Waals surface area (Å²) < 4.78 is 5.40. The molecule has 10 atom stereocenters. The molecule has 1 fully saturated rings. The molecular formula is C30H52O10. The number of Topliss-reactive ketones (excluding diaryl/α,β-unsaturated/α-hetero) is 4. The maximum absolute atomic E-state index is 13.9. The molecule has 0 aromatic carbocycles. The highest BCUT2D eigenvalue weighted by Crippen LogP contribution is 2.49. The van der Waals surface area contributed by atoms with Crippen molar-refractivity contribution in [2.75, 3.05) is 0 Å². The van der Waals surface area contributed by atoms with Gasteiger partial charge in [-0.05, 0) is 23.7 Å². The Kier molecular flexibility index (Phi) is 13.3. The van der Waals surface area contributed by atoms with Gasteiger partial charge in [0, 0.05) is 25.7 Å². The molecule has 0 amide bonds. The SMILES string of the molecule is CCC(C)CC(=O)C(O)[C@H]1OC(O)[C@@](O)(C(=O)CC(C)CC)[C@](O)(C(=O)CC(C)CC)[C@@]1(O)C(=O)CC(C)CC.